The van der Waals surface area contributed by atoms with E-state index >= 15 is 0 Å². The number of rotatable bonds is 7. The van der Waals surface area contributed by atoms with E-state index in [0.29, 0.717) is 33.8 Å². The Hall–Kier alpha value is -3.65. The van der Waals surface area contributed by atoms with Crippen molar-refractivity contribution < 1.29 is 19.1 Å². The molecule has 2 amide bonds. The molecule has 0 unspecified atom stereocenters. The minimum absolute atomic E-state index is 0.383. The van der Waals surface area contributed by atoms with Crippen molar-refractivity contribution in [2.45, 2.75) is 27.4 Å². The highest BCUT2D eigenvalue weighted by molar-refractivity contribution is 9.10. The normalized spacial score (nSPS) is 10.7. The summed E-state index contributed by atoms with van der Waals surface area (Å²) in [6.45, 7) is 6.23. The fourth-order valence-corrected chi connectivity index (χ4v) is 3.72. The summed E-state index contributed by atoms with van der Waals surface area (Å²) in [4.78, 5) is 24.3. The second-order valence-electron chi connectivity index (χ2n) is 7.78. The molecule has 0 aromatic heterocycles. The Morgan fingerprint density at radius 2 is 1.68 bits per heavy atom. The molecule has 0 saturated carbocycles. The predicted octanol–water partition coefficient (Wildman–Crippen LogP) is 5.05. The van der Waals surface area contributed by atoms with E-state index in [4.69, 9.17) is 9.47 Å². The summed E-state index contributed by atoms with van der Waals surface area (Å²) in [7, 11) is 1.54. The van der Waals surface area contributed by atoms with Crippen LogP contribution in [-0.2, 0) is 16.2 Å². The van der Waals surface area contributed by atoms with Crippen molar-refractivity contribution in [3.63, 3.8) is 0 Å². The zero-order valence-electron chi connectivity index (χ0n) is 19.4. The fourth-order valence-electron chi connectivity index (χ4n) is 3.14. The number of amides is 2. The lowest BCUT2D eigenvalue weighted by atomic mass is 10.1. The number of halogens is 1. The summed E-state index contributed by atoms with van der Waals surface area (Å²) in [5.41, 5.74) is 7.60. The van der Waals surface area contributed by atoms with E-state index in [9.17, 15) is 9.59 Å². The first-order valence-electron chi connectivity index (χ1n) is 10.5. The lowest BCUT2D eigenvalue weighted by Crippen LogP contribution is -2.32. The van der Waals surface area contributed by atoms with E-state index in [0.717, 1.165) is 16.7 Å². The number of hydrogen-bond donors (Lipinski definition) is 2. The Kier molecular flexibility index (Phi) is 8.43. The van der Waals surface area contributed by atoms with Crippen molar-refractivity contribution >= 4 is 39.6 Å². The van der Waals surface area contributed by atoms with Gasteiger partial charge in [0.05, 0.1) is 17.8 Å². The lowest BCUT2D eigenvalue weighted by molar-refractivity contribution is -0.136. The first-order chi connectivity index (χ1) is 16.3. The summed E-state index contributed by atoms with van der Waals surface area (Å²) >= 11 is 3.50. The highest BCUT2D eigenvalue weighted by Crippen LogP contribution is 2.36. The summed E-state index contributed by atoms with van der Waals surface area (Å²) in [6, 6.07) is 17.1. The van der Waals surface area contributed by atoms with Gasteiger partial charge >= 0.3 is 11.8 Å². The number of nitrogens with zero attached hydrogens (tertiary/aromatic N) is 1. The number of methoxy groups -OCH3 is 1. The molecule has 3 aromatic rings. The third-order valence-corrected chi connectivity index (χ3v) is 5.56. The Balaban J connectivity index is 1.62. The van der Waals surface area contributed by atoms with E-state index < -0.39 is 11.8 Å². The smallest absolute Gasteiger partial charge is 0.329 e. The number of hydrogen-bond acceptors (Lipinski definition) is 5. The molecule has 0 aliphatic rings. The standard InChI is InChI=1S/C26H26BrN3O4/c1-16-5-8-19(9-6-16)15-34-24-21(27)12-20(13-23(24)33-4)14-28-30-26(32)25(31)29-22-10-7-17(2)11-18(22)3/h5-14H,15H2,1-4H3,(H,29,31)(H,30,32). The van der Waals surface area contributed by atoms with Crippen LogP contribution >= 0.6 is 15.9 Å². The number of nitrogens with one attached hydrogen (secondary N) is 2. The molecule has 0 spiro atoms. The SMILES string of the molecule is COc1cc(C=NNC(=O)C(=O)Nc2ccc(C)cc2C)cc(Br)c1OCc1ccc(C)cc1. The van der Waals surface area contributed by atoms with Gasteiger partial charge in [-0.1, -0.05) is 47.5 Å². The fraction of sp³-hybridized carbons (Fsp3) is 0.192. The Morgan fingerprint density at radius 3 is 2.35 bits per heavy atom. The average Bonchev–Trinajstić information content (AvgIpc) is 2.80. The first-order valence-corrected chi connectivity index (χ1v) is 11.3. The van der Waals surface area contributed by atoms with Crippen LogP contribution in [-0.4, -0.2) is 25.1 Å². The van der Waals surface area contributed by atoms with Crippen molar-refractivity contribution in [1.82, 2.24) is 5.43 Å². The number of benzene rings is 3. The summed E-state index contributed by atoms with van der Waals surface area (Å²) in [5, 5.41) is 6.47. The topological polar surface area (TPSA) is 89.0 Å². The molecule has 0 aliphatic carbocycles. The van der Waals surface area contributed by atoms with Crippen molar-refractivity contribution in [2.24, 2.45) is 5.10 Å². The molecular weight excluding hydrogens is 498 g/mol. The van der Waals surface area contributed by atoms with Crippen molar-refractivity contribution in [1.29, 1.82) is 0 Å². The van der Waals surface area contributed by atoms with Gasteiger partial charge in [0.15, 0.2) is 11.5 Å². The number of carbonyl (C=O) groups is 2. The minimum atomic E-state index is -0.875. The summed E-state index contributed by atoms with van der Waals surface area (Å²) < 4.78 is 12.1. The molecule has 0 atom stereocenters. The van der Waals surface area contributed by atoms with Crippen molar-refractivity contribution in [3.05, 3.63) is 86.9 Å². The number of carbonyl (C=O) groups excluding carboxylic acids is 2. The van der Waals surface area contributed by atoms with Gasteiger partial charge in [0, 0.05) is 5.69 Å². The maximum Gasteiger partial charge on any atom is 0.329 e. The van der Waals surface area contributed by atoms with Crippen LogP contribution in [0.1, 0.15) is 27.8 Å². The molecule has 176 valence electrons. The third-order valence-electron chi connectivity index (χ3n) is 4.97. The molecule has 0 heterocycles. The zero-order chi connectivity index (χ0) is 24.7. The van der Waals surface area contributed by atoms with Gasteiger partial charge < -0.3 is 14.8 Å². The van der Waals surface area contributed by atoms with Gasteiger partial charge in [-0.05, 0) is 71.6 Å². The predicted molar refractivity (Wildman–Crippen MR) is 136 cm³/mol. The largest absolute Gasteiger partial charge is 0.493 e. The van der Waals surface area contributed by atoms with Crippen LogP contribution in [0.4, 0.5) is 5.69 Å². The van der Waals surface area contributed by atoms with Crippen LogP contribution in [0.15, 0.2) is 64.2 Å². The zero-order valence-corrected chi connectivity index (χ0v) is 21.0. The maximum atomic E-state index is 12.2. The molecular formula is C26H26BrN3O4. The van der Waals surface area contributed by atoms with Crippen molar-refractivity contribution in [3.8, 4) is 11.5 Å². The monoisotopic (exact) mass is 523 g/mol. The van der Waals surface area contributed by atoms with Crippen LogP contribution < -0.4 is 20.2 Å². The lowest BCUT2D eigenvalue weighted by Gasteiger charge is -2.13. The molecule has 0 bridgehead atoms. The van der Waals surface area contributed by atoms with Crippen LogP contribution in [0.5, 0.6) is 11.5 Å². The van der Waals surface area contributed by atoms with E-state index in [1.54, 1.807) is 25.3 Å². The van der Waals surface area contributed by atoms with Crippen LogP contribution in [0, 0.1) is 20.8 Å². The molecule has 7 nitrogen and oxygen atoms in total. The van der Waals surface area contributed by atoms with Gasteiger partial charge in [0.2, 0.25) is 0 Å². The van der Waals surface area contributed by atoms with Crippen LogP contribution in [0.3, 0.4) is 0 Å². The highest BCUT2D eigenvalue weighted by Gasteiger charge is 2.15. The molecule has 0 aliphatic heterocycles. The van der Waals surface area contributed by atoms with E-state index in [1.807, 2.05) is 57.2 Å². The molecule has 0 radical (unpaired) electrons. The summed E-state index contributed by atoms with van der Waals surface area (Å²) in [6.07, 6.45) is 1.42. The second-order valence-corrected chi connectivity index (χ2v) is 8.63. The van der Waals surface area contributed by atoms with Gasteiger partial charge in [-0.25, -0.2) is 5.43 Å². The van der Waals surface area contributed by atoms with Crippen molar-refractivity contribution in [2.75, 3.05) is 12.4 Å². The summed E-state index contributed by atoms with van der Waals surface area (Å²) in [5.74, 6) is -0.623. The number of hydrazone groups is 1. The van der Waals surface area contributed by atoms with E-state index in [1.165, 1.54) is 11.8 Å². The second kappa shape index (κ2) is 11.5. The van der Waals surface area contributed by atoms with E-state index in [2.05, 4.69) is 31.8 Å². The van der Waals surface area contributed by atoms with Gasteiger partial charge in [-0.15, -0.1) is 0 Å². The van der Waals surface area contributed by atoms with Gasteiger partial charge in [0.1, 0.15) is 6.61 Å². The Labute approximate surface area is 207 Å². The molecule has 0 fully saturated rings. The van der Waals surface area contributed by atoms with Gasteiger partial charge in [-0.3, -0.25) is 9.59 Å². The van der Waals surface area contributed by atoms with Crippen LogP contribution in [0.2, 0.25) is 0 Å². The number of anilines is 1. The number of aryl methyl sites for hydroxylation is 3. The Morgan fingerprint density at radius 1 is 0.971 bits per heavy atom. The number of ether oxygens (including phenoxy) is 2. The molecule has 2 N–H and O–H groups in total. The molecule has 3 rings (SSSR count). The maximum absolute atomic E-state index is 12.2. The minimum Gasteiger partial charge on any atom is -0.493 e. The van der Waals surface area contributed by atoms with Gasteiger partial charge in [-0.2, -0.15) is 5.10 Å². The Bertz CT molecular complexity index is 1220. The quantitative estimate of drug-likeness (QED) is 0.257. The van der Waals surface area contributed by atoms with Crippen LogP contribution in [0.25, 0.3) is 0 Å². The van der Waals surface area contributed by atoms with E-state index in [-0.39, 0.29) is 0 Å². The molecule has 34 heavy (non-hydrogen) atoms. The first kappa shape index (κ1) is 25.0. The highest BCUT2D eigenvalue weighted by atomic mass is 79.9. The molecule has 0 saturated heterocycles. The van der Waals surface area contributed by atoms with Gasteiger partial charge in [0.25, 0.3) is 0 Å². The third kappa shape index (κ3) is 6.68. The molecule has 3 aromatic carbocycles. The average molecular weight is 524 g/mol. The molecule has 8 heteroatoms.